The van der Waals surface area contributed by atoms with Gasteiger partial charge in [-0.25, -0.2) is 0 Å². The van der Waals surface area contributed by atoms with Crippen molar-refractivity contribution in [2.24, 2.45) is 0 Å². The maximum atomic E-state index is 12.6. The highest BCUT2D eigenvalue weighted by atomic mass is 35.5. The zero-order valence-corrected chi connectivity index (χ0v) is 12.6. The number of hydrogen-bond acceptors (Lipinski definition) is 3. The van der Waals surface area contributed by atoms with Crippen LogP contribution in [0.2, 0.25) is 5.02 Å². The van der Waals surface area contributed by atoms with Gasteiger partial charge in [-0.2, -0.15) is 0 Å². The van der Waals surface area contributed by atoms with E-state index >= 15 is 0 Å². The number of pyridine rings is 1. The molecule has 0 spiro atoms. The zero-order chi connectivity index (χ0) is 15.1. The Kier molecular flexibility index (Phi) is 5.72. The molecule has 4 nitrogen and oxygen atoms in total. The summed E-state index contributed by atoms with van der Waals surface area (Å²) in [7, 11) is 1.61. The van der Waals surface area contributed by atoms with E-state index in [0.29, 0.717) is 30.4 Å². The SMILES string of the molecule is COCCN(Cc1ccccc1)C(=O)c1cc(Cl)ccn1. The standard InChI is InChI=1S/C16H17ClN2O2/c1-21-10-9-19(12-13-5-3-2-4-6-13)16(20)15-11-14(17)7-8-18-15/h2-8,11H,9-10,12H2,1H3. The largest absolute Gasteiger partial charge is 0.383 e. The second kappa shape index (κ2) is 7.76. The third-order valence-corrected chi connectivity index (χ3v) is 3.24. The summed E-state index contributed by atoms with van der Waals surface area (Å²) >= 11 is 5.92. The van der Waals surface area contributed by atoms with Crippen LogP contribution in [0, 0.1) is 0 Å². The van der Waals surface area contributed by atoms with Gasteiger partial charge in [-0.1, -0.05) is 41.9 Å². The van der Waals surface area contributed by atoms with Gasteiger partial charge in [0.2, 0.25) is 0 Å². The van der Waals surface area contributed by atoms with Crippen LogP contribution < -0.4 is 0 Å². The van der Waals surface area contributed by atoms with Crippen LogP contribution in [0.4, 0.5) is 0 Å². The van der Waals surface area contributed by atoms with Crippen molar-refractivity contribution >= 4 is 17.5 Å². The Labute approximate surface area is 129 Å². The molecule has 0 fully saturated rings. The van der Waals surface area contributed by atoms with Crippen molar-refractivity contribution < 1.29 is 9.53 Å². The van der Waals surface area contributed by atoms with Gasteiger partial charge in [0.25, 0.3) is 5.91 Å². The summed E-state index contributed by atoms with van der Waals surface area (Å²) in [5.74, 6) is -0.154. The van der Waals surface area contributed by atoms with Gasteiger partial charge in [-0.15, -0.1) is 0 Å². The lowest BCUT2D eigenvalue weighted by Gasteiger charge is -2.22. The van der Waals surface area contributed by atoms with Crippen LogP contribution in [0.5, 0.6) is 0 Å². The van der Waals surface area contributed by atoms with Crippen molar-refractivity contribution in [3.8, 4) is 0 Å². The van der Waals surface area contributed by atoms with Crippen LogP contribution in [0.25, 0.3) is 0 Å². The Balaban J connectivity index is 2.17. The first-order valence-corrected chi connectivity index (χ1v) is 7.02. The number of halogens is 1. The lowest BCUT2D eigenvalue weighted by molar-refractivity contribution is 0.0674. The fraction of sp³-hybridized carbons (Fsp3) is 0.250. The summed E-state index contributed by atoms with van der Waals surface area (Å²) in [6.07, 6.45) is 1.53. The topological polar surface area (TPSA) is 42.4 Å². The van der Waals surface area contributed by atoms with Gasteiger partial charge in [-0.3, -0.25) is 9.78 Å². The monoisotopic (exact) mass is 304 g/mol. The van der Waals surface area contributed by atoms with E-state index in [2.05, 4.69) is 4.98 Å². The van der Waals surface area contributed by atoms with E-state index in [1.807, 2.05) is 30.3 Å². The highest BCUT2D eigenvalue weighted by Gasteiger charge is 2.17. The summed E-state index contributed by atoms with van der Waals surface area (Å²) in [4.78, 5) is 18.4. The van der Waals surface area contributed by atoms with Gasteiger partial charge in [0, 0.05) is 31.4 Å². The van der Waals surface area contributed by atoms with Crippen LogP contribution in [0.3, 0.4) is 0 Å². The van der Waals surface area contributed by atoms with Gasteiger partial charge >= 0.3 is 0 Å². The Hall–Kier alpha value is -1.91. The second-order valence-corrected chi connectivity index (χ2v) is 5.00. The number of hydrogen-bond donors (Lipinski definition) is 0. The minimum absolute atomic E-state index is 0.154. The van der Waals surface area contributed by atoms with Gasteiger partial charge in [0.15, 0.2) is 0 Å². The first kappa shape index (κ1) is 15.5. The third-order valence-electron chi connectivity index (χ3n) is 3.01. The number of amides is 1. The van der Waals surface area contributed by atoms with E-state index in [1.54, 1.807) is 24.1 Å². The zero-order valence-electron chi connectivity index (χ0n) is 11.8. The summed E-state index contributed by atoms with van der Waals surface area (Å²) in [6.45, 7) is 1.48. The van der Waals surface area contributed by atoms with Crippen LogP contribution >= 0.6 is 11.6 Å². The molecule has 1 aromatic heterocycles. The highest BCUT2D eigenvalue weighted by molar-refractivity contribution is 6.30. The second-order valence-electron chi connectivity index (χ2n) is 4.56. The Bertz CT molecular complexity index is 590. The number of carbonyl (C=O) groups is 1. The van der Waals surface area contributed by atoms with Crippen LogP contribution in [-0.4, -0.2) is 36.1 Å². The molecule has 0 N–H and O–H groups in total. The Morgan fingerprint density at radius 1 is 1.29 bits per heavy atom. The molecule has 1 aromatic carbocycles. The number of ether oxygens (including phenoxy) is 1. The van der Waals surface area contributed by atoms with Crippen LogP contribution in [0.15, 0.2) is 48.7 Å². The quantitative estimate of drug-likeness (QED) is 0.824. The van der Waals surface area contributed by atoms with E-state index in [-0.39, 0.29) is 5.91 Å². The van der Waals surface area contributed by atoms with Crippen molar-refractivity contribution in [3.05, 3.63) is 64.9 Å². The molecule has 0 saturated heterocycles. The van der Waals surface area contributed by atoms with Crippen molar-refractivity contribution in [3.63, 3.8) is 0 Å². The highest BCUT2D eigenvalue weighted by Crippen LogP contribution is 2.12. The van der Waals surface area contributed by atoms with E-state index in [1.165, 1.54) is 6.20 Å². The van der Waals surface area contributed by atoms with E-state index in [0.717, 1.165) is 5.56 Å². The van der Waals surface area contributed by atoms with Gasteiger partial charge < -0.3 is 9.64 Å². The molecule has 0 atom stereocenters. The molecule has 0 aliphatic carbocycles. The molecule has 110 valence electrons. The molecule has 0 aliphatic heterocycles. The Morgan fingerprint density at radius 3 is 2.71 bits per heavy atom. The van der Waals surface area contributed by atoms with Crippen molar-refractivity contribution in [1.29, 1.82) is 0 Å². The lowest BCUT2D eigenvalue weighted by Crippen LogP contribution is -2.34. The van der Waals surface area contributed by atoms with Crippen LogP contribution in [-0.2, 0) is 11.3 Å². The molecule has 1 heterocycles. The number of carbonyl (C=O) groups excluding carboxylic acids is 1. The van der Waals surface area contributed by atoms with Crippen molar-refractivity contribution in [2.45, 2.75) is 6.54 Å². The molecule has 0 saturated carbocycles. The van der Waals surface area contributed by atoms with E-state index in [4.69, 9.17) is 16.3 Å². The van der Waals surface area contributed by atoms with Gasteiger partial charge in [0.05, 0.1) is 6.61 Å². The number of rotatable bonds is 6. The minimum atomic E-state index is -0.154. The molecular weight excluding hydrogens is 288 g/mol. The maximum Gasteiger partial charge on any atom is 0.272 e. The first-order valence-electron chi connectivity index (χ1n) is 6.64. The molecule has 0 aliphatic rings. The normalized spacial score (nSPS) is 10.4. The maximum absolute atomic E-state index is 12.6. The molecular formula is C16H17ClN2O2. The summed E-state index contributed by atoms with van der Waals surface area (Å²) in [5, 5.41) is 0.500. The number of benzene rings is 1. The molecule has 0 unspecified atom stereocenters. The molecule has 1 amide bonds. The molecule has 21 heavy (non-hydrogen) atoms. The molecule has 0 bridgehead atoms. The Morgan fingerprint density at radius 2 is 2.05 bits per heavy atom. The molecule has 2 rings (SSSR count). The summed E-state index contributed by atoms with van der Waals surface area (Å²) < 4.78 is 5.08. The predicted octanol–water partition coefficient (Wildman–Crippen LogP) is 3.02. The lowest BCUT2D eigenvalue weighted by atomic mass is 10.2. The van der Waals surface area contributed by atoms with Crippen molar-refractivity contribution in [1.82, 2.24) is 9.88 Å². The van der Waals surface area contributed by atoms with Crippen molar-refractivity contribution in [2.75, 3.05) is 20.3 Å². The number of aromatic nitrogens is 1. The van der Waals surface area contributed by atoms with E-state index < -0.39 is 0 Å². The molecule has 5 heteroatoms. The summed E-state index contributed by atoms with van der Waals surface area (Å²) in [5.41, 5.74) is 1.40. The first-order chi connectivity index (χ1) is 10.2. The van der Waals surface area contributed by atoms with Gasteiger partial charge in [-0.05, 0) is 17.7 Å². The average molecular weight is 305 g/mol. The van der Waals surface area contributed by atoms with E-state index in [9.17, 15) is 4.79 Å². The van der Waals surface area contributed by atoms with Gasteiger partial charge in [0.1, 0.15) is 5.69 Å². The molecule has 0 radical (unpaired) electrons. The fourth-order valence-corrected chi connectivity index (χ4v) is 2.10. The predicted molar refractivity (Wildman–Crippen MR) is 82.3 cm³/mol. The number of nitrogens with zero attached hydrogens (tertiary/aromatic N) is 2. The summed E-state index contributed by atoms with van der Waals surface area (Å²) in [6, 6.07) is 13.0. The minimum Gasteiger partial charge on any atom is -0.383 e. The molecule has 2 aromatic rings. The average Bonchev–Trinajstić information content (AvgIpc) is 2.51. The number of methoxy groups -OCH3 is 1. The van der Waals surface area contributed by atoms with Crippen LogP contribution in [0.1, 0.15) is 16.1 Å². The third kappa shape index (κ3) is 4.55. The smallest absolute Gasteiger partial charge is 0.272 e. The fourth-order valence-electron chi connectivity index (χ4n) is 1.94.